The van der Waals surface area contributed by atoms with Crippen LogP contribution in [0.1, 0.15) is 36.5 Å². The molecular weight excluding hydrogens is 486 g/mol. The van der Waals surface area contributed by atoms with Gasteiger partial charge in [0.1, 0.15) is 11.9 Å². The molecule has 4 nitrogen and oxygen atoms in total. The summed E-state index contributed by atoms with van der Waals surface area (Å²) in [5, 5.41) is 3.75. The number of carbonyl (C=O) groups is 2. The summed E-state index contributed by atoms with van der Waals surface area (Å²) in [4.78, 5) is 28.5. The van der Waals surface area contributed by atoms with E-state index in [0.717, 1.165) is 18.4 Å². The highest BCUT2D eigenvalue weighted by atomic mass is 35.5. The monoisotopic (exact) mass is 514 g/mol. The lowest BCUT2D eigenvalue weighted by Crippen LogP contribution is -2.51. The second-order valence-corrected chi connectivity index (χ2v) is 9.15. The highest BCUT2D eigenvalue weighted by molar-refractivity contribution is 6.36. The molecule has 0 aliphatic rings. The Kier molecular flexibility index (Phi) is 10.1. The van der Waals surface area contributed by atoms with Gasteiger partial charge in [-0.2, -0.15) is 0 Å². The highest BCUT2D eigenvalue weighted by Gasteiger charge is 2.31. The van der Waals surface area contributed by atoms with E-state index in [4.69, 9.17) is 23.2 Å². The topological polar surface area (TPSA) is 49.4 Å². The first-order chi connectivity index (χ1) is 16.9. The third-order valence-corrected chi connectivity index (χ3v) is 6.50. The number of halogens is 3. The molecular formula is C28H29Cl2FN2O2. The van der Waals surface area contributed by atoms with Crippen molar-refractivity contribution in [1.82, 2.24) is 10.2 Å². The zero-order valence-electron chi connectivity index (χ0n) is 19.6. The van der Waals surface area contributed by atoms with Gasteiger partial charge < -0.3 is 10.2 Å². The van der Waals surface area contributed by atoms with E-state index in [1.165, 1.54) is 11.0 Å². The molecule has 0 heterocycles. The van der Waals surface area contributed by atoms with Crippen molar-refractivity contribution < 1.29 is 14.0 Å². The Balaban J connectivity index is 2.00. The lowest BCUT2D eigenvalue weighted by molar-refractivity contribution is -0.140. The summed E-state index contributed by atoms with van der Waals surface area (Å²) in [6, 6.07) is 19.9. The van der Waals surface area contributed by atoms with Gasteiger partial charge in [0, 0.05) is 35.1 Å². The Morgan fingerprint density at radius 1 is 0.943 bits per heavy atom. The minimum Gasteiger partial charge on any atom is -0.354 e. The Hall–Kier alpha value is -2.89. The van der Waals surface area contributed by atoms with Gasteiger partial charge in [-0.3, -0.25) is 9.59 Å². The number of nitrogens with zero attached hydrogens (tertiary/aromatic N) is 1. The molecule has 3 aromatic rings. The molecule has 1 unspecified atom stereocenters. The van der Waals surface area contributed by atoms with Crippen LogP contribution in [-0.2, 0) is 29.0 Å². The molecule has 0 aliphatic carbocycles. The fraction of sp³-hybridized carbons (Fsp3) is 0.286. The quantitative estimate of drug-likeness (QED) is 0.308. The predicted molar refractivity (Wildman–Crippen MR) is 139 cm³/mol. The van der Waals surface area contributed by atoms with E-state index in [2.05, 4.69) is 5.32 Å². The fourth-order valence-electron chi connectivity index (χ4n) is 3.82. The predicted octanol–water partition coefficient (Wildman–Crippen LogP) is 6.23. The van der Waals surface area contributed by atoms with Gasteiger partial charge in [0.25, 0.3) is 0 Å². The molecule has 0 aliphatic heterocycles. The van der Waals surface area contributed by atoms with Gasteiger partial charge in [-0.1, -0.05) is 91.1 Å². The summed E-state index contributed by atoms with van der Waals surface area (Å²) in [5.41, 5.74) is 1.70. The van der Waals surface area contributed by atoms with E-state index in [1.807, 2.05) is 37.3 Å². The third kappa shape index (κ3) is 7.55. The van der Waals surface area contributed by atoms with Gasteiger partial charge >= 0.3 is 0 Å². The second kappa shape index (κ2) is 13.3. The molecule has 0 spiro atoms. The zero-order valence-corrected chi connectivity index (χ0v) is 21.2. The lowest BCUT2D eigenvalue weighted by Gasteiger charge is -2.32. The number of unbranched alkanes of at least 4 members (excludes halogenated alkanes) is 1. The Labute approximate surface area is 216 Å². The molecule has 2 amide bonds. The smallest absolute Gasteiger partial charge is 0.243 e. The highest BCUT2D eigenvalue weighted by Crippen LogP contribution is 2.27. The summed E-state index contributed by atoms with van der Waals surface area (Å²) >= 11 is 12.9. The largest absolute Gasteiger partial charge is 0.354 e. The molecule has 3 aromatic carbocycles. The number of carbonyl (C=O) groups excluding carboxylic acids is 2. The molecule has 35 heavy (non-hydrogen) atoms. The van der Waals surface area contributed by atoms with Crippen molar-refractivity contribution in [3.63, 3.8) is 0 Å². The van der Waals surface area contributed by atoms with E-state index < -0.39 is 17.8 Å². The van der Waals surface area contributed by atoms with Gasteiger partial charge in [-0.25, -0.2) is 4.39 Å². The van der Waals surface area contributed by atoms with E-state index in [9.17, 15) is 14.0 Å². The third-order valence-electron chi connectivity index (χ3n) is 5.79. The van der Waals surface area contributed by atoms with E-state index >= 15 is 0 Å². The number of benzene rings is 3. The van der Waals surface area contributed by atoms with Gasteiger partial charge in [0.2, 0.25) is 11.8 Å². The van der Waals surface area contributed by atoms with E-state index in [0.29, 0.717) is 28.6 Å². The summed E-state index contributed by atoms with van der Waals surface area (Å²) < 4.78 is 14.4. The summed E-state index contributed by atoms with van der Waals surface area (Å²) in [6.45, 7) is 2.56. The fourth-order valence-corrected chi connectivity index (χ4v) is 4.34. The molecule has 0 fully saturated rings. The number of rotatable bonds is 11. The average Bonchev–Trinajstić information content (AvgIpc) is 2.85. The van der Waals surface area contributed by atoms with Crippen LogP contribution in [0.4, 0.5) is 4.39 Å². The average molecular weight is 515 g/mol. The normalized spacial score (nSPS) is 11.7. The maximum absolute atomic E-state index is 14.4. The minimum absolute atomic E-state index is 0.0183. The van der Waals surface area contributed by atoms with Crippen molar-refractivity contribution in [3.8, 4) is 0 Å². The van der Waals surface area contributed by atoms with Crippen molar-refractivity contribution in [2.75, 3.05) is 6.54 Å². The maximum atomic E-state index is 14.4. The van der Waals surface area contributed by atoms with Crippen molar-refractivity contribution in [2.24, 2.45) is 0 Å². The molecule has 0 aromatic heterocycles. The lowest BCUT2D eigenvalue weighted by atomic mass is 10.0. The van der Waals surface area contributed by atoms with Gasteiger partial charge in [0.15, 0.2) is 0 Å². The van der Waals surface area contributed by atoms with Crippen molar-refractivity contribution in [3.05, 3.63) is 105 Å². The molecule has 0 bridgehead atoms. The number of amides is 2. The van der Waals surface area contributed by atoms with Crippen molar-refractivity contribution in [2.45, 2.75) is 45.2 Å². The minimum atomic E-state index is -0.833. The number of hydrogen-bond donors (Lipinski definition) is 1. The maximum Gasteiger partial charge on any atom is 0.243 e. The van der Waals surface area contributed by atoms with Crippen LogP contribution < -0.4 is 5.32 Å². The molecule has 184 valence electrons. The first-order valence-corrected chi connectivity index (χ1v) is 12.4. The van der Waals surface area contributed by atoms with Crippen LogP contribution >= 0.6 is 23.2 Å². The standard InChI is InChI=1S/C28H29Cl2FN2O2/c1-2-3-16-32-28(35)26(17-20-10-5-4-6-11-20)33(19-22-23(29)13-9-14-24(22)30)27(34)18-21-12-7-8-15-25(21)31/h4-15,26H,2-3,16-19H2,1H3,(H,32,35). The molecule has 0 saturated carbocycles. The van der Waals surface area contributed by atoms with Crippen molar-refractivity contribution >= 4 is 35.0 Å². The first kappa shape index (κ1) is 26.7. The van der Waals surface area contributed by atoms with Crippen molar-refractivity contribution in [1.29, 1.82) is 0 Å². The summed E-state index contributed by atoms with van der Waals surface area (Å²) in [5.74, 6) is -1.13. The SMILES string of the molecule is CCCCNC(=O)C(Cc1ccccc1)N(Cc1c(Cl)cccc1Cl)C(=O)Cc1ccccc1F. The molecule has 0 saturated heterocycles. The summed E-state index contributed by atoms with van der Waals surface area (Å²) in [7, 11) is 0. The number of hydrogen-bond acceptors (Lipinski definition) is 2. The first-order valence-electron chi connectivity index (χ1n) is 11.7. The Morgan fingerprint density at radius 2 is 1.60 bits per heavy atom. The molecule has 7 heteroatoms. The van der Waals surface area contributed by atoms with Gasteiger partial charge in [-0.05, 0) is 35.7 Å². The molecule has 0 radical (unpaired) electrons. The zero-order chi connectivity index (χ0) is 25.2. The van der Waals surface area contributed by atoms with Crippen LogP contribution in [0.3, 0.4) is 0 Å². The molecule has 1 atom stereocenters. The van der Waals surface area contributed by atoms with Crippen LogP contribution in [0, 0.1) is 5.82 Å². The van der Waals surface area contributed by atoms with Crippen LogP contribution in [0.2, 0.25) is 10.0 Å². The van der Waals surface area contributed by atoms with Crippen LogP contribution in [-0.4, -0.2) is 29.3 Å². The Morgan fingerprint density at radius 3 is 2.26 bits per heavy atom. The molecule has 3 rings (SSSR count). The van der Waals surface area contributed by atoms with Gasteiger partial charge in [-0.15, -0.1) is 0 Å². The molecule has 1 N–H and O–H groups in total. The van der Waals surface area contributed by atoms with Crippen LogP contribution in [0.5, 0.6) is 0 Å². The summed E-state index contributed by atoms with van der Waals surface area (Å²) in [6.07, 6.45) is 1.85. The Bertz CT molecular complexity index is 1120. The van der Waals surface area contributed by atoms with Gasteiger partial charge in [0.05, 0.1) is 6.42 Å². The van der Waals surface area contributed by atoms with Crippen LogP contribution in [0.15, 0.2) is 72.8 Å². The van der Waals surface area contributed by atoms with Crippen LogP contribution in [0.25, 0.3) is 0 Å². The van der Waals surface area contributed by atoms with E-state index in [-0.39, 0.29) is 24.4 Å². The second-order valence-electron chi connectivity index (χ2n) is 8.34. The number of nitrogens with one attached hydrogen (secondary N) is 1. The van der Waals surface area contributed by atoms with E-state index in [1.54, 1.807) is 36.4 Å².